The first kappa shape index (κ1) is 10.8. The molecule has 13 heavy (non-hydrogen) atoms. The molecular weight excluding hydrogens is 202 g/mol. The van der Waals surface area contributed by atoms with Gasteiger partial charge in [0.1, 0.15) is 0 Å². The maximum Gasteiger partial charge on any atom is 0.202 e. The Kier molecular flexibility index (Phi) is 5.15. The predicted octanol–water partition coefficient (Wildman–Crippen LogP) is 2.61. The molecule has 74 valence electrons. The van der Waals surface area contributed by atoms with Crippen molar-refractivity contribution in [2.75, 3.05) is 17.6 Å². The summed E-state index contributed by atoms with van der Waals surface area (Å²) in [5, 5.41) is 4.18. The smallest absolute Gasteiger partial charge is 0.202 e. The van der Waals surface area contributed by atoms with Crippen LogP contribution in [0.25, 0.3) is 0 Å². The van der Waals surface area contributed by atoms with E-state index in [1.165, 1.54) is 11.5 Å². The van der Waals surface area contributed by atoms with Crippen LogP contribution >= 0.6 is 23.3 Å². The molecule has 1 N–H and O–H groups in total. The van der Waals surface area contributed by atoms with Crippen molar-refractivity contribution < 1.29 is 0 Å². The summed E-state index contributed by atoms with van der Waals surface area (Å²) < 4.78 is 4.25. The highest BCUT2D eigenvalue weighted by Gasteiger charge is 2.01. The molecule has 1 aromatic rings. The Hall–Kier alpha value is -0.290. The molecule has 0 amide bonds. The lowest BCUT2D eigenvalue weighted by Gasteiger charge is -1.95. The molecule has 0 atom stereocenters. The Morgan fingerprint density at radius 2 is 2.31 bits per heavy atom. The monoisotopic (exact) mass is 217 g/mol. The summed E-state index contributed by atoms with van der Waals surface area (Å²) in [6.45, 7) is 5.27. The third-order valence-corrected chi connectivity index (χ3v) is 3.01. The van der Waals surface area contributed by atoms with Gasteiger partial charge < -0.3 is 5.32 Å². The van der Waals surface area contributed by atoms with Crippen LogP contribution in [0.2, 0.25) is 0 Å². The lowest BCUT2D eigenvalue weighted by molar-refractivity contribution is 0.972. The fourth-order valence-electron chi connectivity index (χ4n) is 0.810. The highest BCUT2D eigenvalue weighted by atomic mass is 32.2. The van der Waals surface area contributed by atoms with Gasteiger partial charge in [-0.25, -0.2) is 4.98 Å². The number of aromatic nitrogens is 2. The van der Waals surface area contributed by atoms with Gasteiger partial charge in [0.25, 0.3) is 0 Å². The van der Waals surface area contributed by atoms with Gasteiger partial charge in [0, 0.05) is 18.1 Å². The fraction of sp³-hybridized carbons (Fsp3) is 0.750. The van der Waals surface area contributed by atoms with E-state index in [1.807, 2.05) is 11.8 Å². The second kappa shape index (κ2) is 6.21. The average Bonchev–Trinajstić information content (AvgIpc) is 2.59. The molecule has 0 spiro atoms. The topological polar surface area (TPSA) is 37.8 Å². The molecule has 0 unspecified atom stereocenters. The second-order valence-corrected chi connectivity index (χ2v) is 4.61. The van der Waals surface area contributed by atoms with E-state index in [9.17, 15) is 0 Å². The van der Waals surface area contributed by atoms with Crippen LogP contribution < -0.4 is 5.32 Å². The van der Waals surface area contributed by atoms with E-state index in [1.54, 1.807) is 0 Å². The highest BCUT2D eigenvalue weighted by molar-refractivity contribution is 7.98. The van der Waals surface area contributed by atoms with Gasteiger partial charge in [-0.15, -0.1) is 0 Å². The molecule has 0 radical (unpaired) electrons. The summed E-state index contributed by atoms with van der Waals surface area (Å²) in [5.74, 6) is 3.01. The van der Waals surface area contributed by atoms with Crippen LogP contribution in [-0.2, 0) is 5.75 Å². The first-order valence-corrected chi connectivity index (χ1v) is 6.43. The Balaban J connectivity index is 2.34. The van der Waals surface area contributed by atoms with Gasteiger partial charge in [0.2, 0.25) is 5.13 Å². The normalized spacial score (nSPS) is 10.3. The van der Waals surface area contributed by atoms with Gasteiger partial charge >= 0.3 is 0 Å². The minimum absolute atomic E-state index is 0.931. The number of hydrogen-bond acceptors (Lipinski definition) is 5. The first-order chi connectivity index (χ1) is 6.36. The molecule has 0 bridgehead atoms. The molecule has 0 aliphatic rings. The molecule has 0 aliphatic heterocycles. The van der Waals surface area contributed by atoms with Crippen LogP contribution in [0.5, 0.6) is 0 Å². The quantitative estimate of drug-likeness (QED) is 0.795. The lowest BCUT2D eigenvalue weighted by Crippen LogP contribution is -1.98. The van der Waals surface area contributed by atoms with Crippen molar-refractivity contribution in [3.05, 3.63) is 5.82 Å². The molecule has 0 aromatic carbocycles. The van der Waals surface area contributed by atoms with E-state index in [0.717, 1.165) is 35.4 Å². The third-order valence-electron chi connectivity index (χ3n) is 1.43. The Morgan fingerprint density at radius 1 is 1.46 bits per heavy atom. The highest BCUT2D eigenvalue weighted by Crippen LogP contribution is 2.15. The Labute approximate surface area is 87.5 Å². The molecule has 5 heteroatoms. The summed E-state index contributed by atoms with van der Waals surface area (Å²) in [7, 11) is 0. The van der Waals surface area contributed by atoms with Crippen molar-refractivity contribution >= 4 is 28.4 Å². The van der Waals surface area contributed by atoms with Crippen LogP contribution in [0.3, 0.4) is 0 Å². The van der Waals surface area contributed by atoms with Crippen LogP contribution in [0.15, 0.2) is 0 Å². The van der Waals surface area contributed by atoms with Crippen molar-refractivity contribution in [2.45, 2.75) is 26.0 Å². The number of nitrogens with one attached hydrogen (secondary N) is 1. The fourth-order valence-corrected chi connectivity index (χ4v) is 2.02. The van der Waals surface area contributed by atoms with Gasteiger partial charge in [0.15, 0.2) is 5.82 Å². The summed E-state index contributed by atoms with van der Waals surface area (Å²) in [5.41, 5.74) is 0. The van der Waals surface area contributed by atoms with Crippen LogP contribution in [-0.4, -0.2) is 21.7 Å². The van der Waals surface area contributed by atoms with Gasteiger partial charge in [-0.05, 0) is 12.2 Å². The molecule has 1 aromatic heterocycles. The van der Waals surface area contributed by atoms with Crippen molar-refractivity contribution in [2.24, 2.45) is 0 Å². The minimum Gasteiger partial charge on any atom is -0.360 e. The molecule has 1 rings (SSSR count). The maximum atomic E-state index is 4.36. The van der Waals surface area contributed by atoms with Gasteiger partial charge in [-0.1, -0.05) is 13.8 Å². The molecule has 1 heterocycles. The van der Waals surface area contributed by atoms with E-state index in [4.69, 9.17) is 0 Å². The van der Waals surface area contributed by atoms with E-state index >= 15 is 0 Å². The summed E-state index contributed by atoms with van der Waals surface area (Å²) >= 11 is 3.31. The van der Waals surface area contributed by atoms with E-state index < -0.39 is 0 Å². The summed E-state index contributed by atoms with van der Waals surface area (Å²) in [6.07, 6.45) is 1.12. The number of thioether (sulfide) groups is 1. The zero-order chi connectivity index (χ0) is 9.52. The van der Waals surface area contributed by atoms with Crippen molar-refractivity contribution in [1.29, 1.82) is 0 Å². The molecule has 3 nitrogen and oxygen atoms in total. The van der Waals surface area contributed by atoms with E-state index in [0.29, 0.717) is 0 Å². The number of rotatable bonds is 6. The van der Waals surface area contributed by atoms with Crippen molar-refractivity contribution in [3.63, 3.8) is 0 Å². The van der Waals surface area contributed by atoms with Crippen molar-refractivity contribution in [1.82, 2.24) is 9.36 Å². The zero-order valence-electron chi connectivity index (χ0n) is 8.04. The second-order valence-electron chi connectivity index (χ2n) is 2.58. The van der Waals surface area contributed by atoms with Gasteiger partial charge in [-0.3, -0.25) is 0 Å². The summed E-state index contributed by atoms with van der Waals surface area (Å²) in [6, 6.07) is 0. The van der Waals surface area contributed by atoms with Gasteiger partial charge in [0.05, 0.1) is 5.75 Å². The summed E-state index contributed by atoms with van der Waals surface area (Å²) in [4.78, 5) is 4.36. The number of nitrogens with zero attached hydrogens (tertiary/aromatic N) is 2. The van der Waals surface area contributed by atoms with E-state index in [-0.39, 0.29) is 0 Å². The zero-order valence-corrected chi connectivity index (χ0v) is 9.67. The largest absolute Gasteiger partial charge is 0.360 e. The standard InChI is InChI=1S/C8H15N3S2/c1-3-5-9-8-10-7(11-13-8)6-12-4-2/h3-6H2,1-2H3,(H,9,10,11). The van der Waals surface area contributed by atoms with E-state index in [2.05, 4.69) is 28.5 Å². The van der Waals surface area contributed by atoms with Crippen LogP contribution in [0.4, 0.5) is 5.13 Å². The number of anilines is 1. The Morgan fingerprint density at radius 3 is 3.00 bits per heavy atom. The molecule has 0 fully saturated rings. The molecule has 0 saturated carbocycles. The Bertz CT molecular complexity index is 215. The SMILES string of the molecule is CCCNc1nc(CSCC)ns1. The molecule has 0 aliphatic carbocycles. The maximum absolute atomic E-state index is 4.36. The third kappa shape index (κ3) is 3.95. The molecular formula is C8H15N3S2. The average molecular weight is 217 g/mol. The number of hydrogen-bond donors (Lipinski definition) is 1. The molecule has 0 saturated heterocycles. The van der Waals surface area contributed by atoms with Crippen molar-refractivity contribution in [3.8, 4) is 0 Å². The van der Waals surface area contributed by atoms with Crippen LogP contribution in [0.1, 0.15) is 26.1 Å². The van der Waals surface area contributed by atoms with Gasteiger partial charge in [-0.2, -0.15) is 16.1 Å². The lowest BCUT2D eigenvalue weighted by atomic mass is 10.5. The van der Waals surface area contributed by atoms with Crippen LogP contribution in [0, 0.1) is 0 Å². The minimum atomic E-state index is 0.931. The predicted molar refractivity (Wildman–Crippen MR) is 60.5 cm³/mol. The first-order valence-electron chi connectivity index (χ1n) is 4.51.